The van der Waals surface area contributed by atoms with E-state index >= 15 is 0 Å². The van der Waals surface area contributed by atoms with Gasteiger partial charge in [0.1, 0.15) is 10.7 Å². The molecule has 138 valence electrons. The van der Waals surface area contributed by atoms with Crippen molar-refractivity contribution in [1.29, 1.82) is 0 Å². The predicted octanol–water partition coefficient (Wildman–Crippen LogP) is 4.81. The van der Waals surface area contributed by atoms with E-state index in [2.05, 4.69) is 15.4 Å². The van der Waals surface area contributed by atoms with Crippen molar-refractivity contribution < 1.29 is 9.18 Å². The first-order valence-electron chi connectivity index (χ1n) is 8.49. The van der Waals surface area contributed by atoms with E-state index in [0.717, 1.165) is 4.90 Å². The molecule has 0 spiro atoms. The van der Waals surface area contributed by atoms with E-state index in [1.165, 1.54) is 22.5 Å². The second-order valence-corrected chi connectivity index (χ2v) is 6.90. The summed E-state index contributed by atoms with van der Waals surface area (Å²) in [4.78, 5) is 18.0. The molecule has 1 amide bonds. The van der Waals surface area contributed by atoms with Crippen LogP contribution in [0, 0.1) is 5.82 Å². The minimum Gasteiger partial charge on any atom is -0.322 e. The first-order valence-corrected chi connectivity index (χ1v) is 9.31. The summed E-state index contributed by atoms with van der Waals surface area (Å²) in [6.45, 7) is 0. The number of nitrogens with zero attached hydrogens (tertiary/aromatic N) is 3. The fourth-order valence-corrected chi connectivity index (χ4v) is 3.53. The van der Waals surface area contributed by atoms with Gasteiger partial charge in [-0.1, -0.05) is 30.0 Å². The Balaban J connectivity index is 1.55. The topological polar surface area (TPSA) is 59.8 Å². The Morgan fingerprint density at radius 1 is 1.00 bits per heavy atom. The fourth-order valence-electron chi connectivity index (χ4n) is 2.63. The van der Waals surface area contributed by atoms with Gasteiger partial charge >= 0.3 is 0 Å². The molecular formula is C21H15FN4OS. The molecule has 0 aliphatic rings. The highest BCUT2D eigenvalue weighted by Crippen LogP contribution is 2.29. The van der Waals surface area contributed by atoms with Gasteiger partial charge in [-0.2, -0.15) is 5.10 Å². The van der Waals surface area contributed by atoms with E-state index in [4.69, 9.17) is 0 Å². The van der Waals surface area contributed by atoms with Crippen molar-refractivity contribution in [2.75, 3.05) is 5.32 Å². The van der Waals surface area contributed by atoms with Gasteiger partial charge in [0, 0.05) is 29.2 Å². The second kappa shape index (κ2) is 8.06. The minimum atomic E-state index is -0.480. The SMILES string of the molecule is O=C(Nc1ccc(-n2cccn2)c(F)c1)c1cccnc1Sc1ccccc1. The molecule has 0 fully saturated rings. The number of hydrogen-bond donors (Lipinski definition) is 1. The zero-order valence-corrected chi connectivity index (χ0v) is 15.4. The van der Waals surface area contributed by atoms with Gasteiger partial charge in [-0.15, -0.1) is 0 Å². The Kier molecular flexibility index (Phi) is 5.16. The average molecular weight is 390 g/mol. The smallest absolute Gasteiger partial charge is 0.258 e. The van der Waals surface area contributed by atoms with Crippen molar-refractivity contribution in [3.8, 4) is 5.69 Å². The molecule has 28 heavy (non-hydrogen) atoms. The number of aromatic nitrogens is 3. The Hall–Kier alpha value is -3.45. The Morgan fingerprint density at radius 2 is 1.86 bits per heavy atom. The summed E-state index contributed by atoms with van der Waals surface area (Å²) < 4.78 is 15.8. The van der Waals surface area contributed by atoms with Gasteiger partial charge in [0.25, 0.3) is 5.91 Å². The molecular weight excluding hydrogens is 375 g/mol. The maximum atomic E-state index is 14.4. The number of benzene rings is 2. The molecule has 5 nitrogen and oxygen atoms in total. The van der Waals surface area contributed by atoms with Crippen LogP contribution < -0.4 is 5.32 Å². The number of halogens is 1. The summed E-state index contributed by atoms with van der Waals surface area (Å²) in [7, 11) is 0. The lowest BCUT2D eigenvalue weighted by Gasteiger charge is -2.10. The van der Waals surface area contributed by atoms with Crippen molar-refractivity contribution in [3.05, 3.63) is 96.7 Å². The summed E-state index contributed by atoms with van der Waals surface area (Å²) >= 11 is 1.40. The maximum absolute atomic E-state index is 14.4. The summed E-state index contributed by atoms with van der Waals surface area (Å²) in [5, 5.41) is 7.33. The highest BCUT2D eigenvalue weighted by Gasteiger charge is 2.15. The molecule has 0 saturated heterocycles. The van der Waals surface area contributed by atoms with Crippen LogP contribution in [0.4, 0.5) is 10.1 Å². The maximum Gasteiger partial charge on any atom is 0.258 e. The lowest BCUT2D eigenvalue weighted by Crippen LogP contribution is -2.14. The van der Waals surface area contributed by atoms with E-state index in [-0.39, 0.29) is 5.91 Å². The van der Waals surface area contributed by atoms with Crippen LogP contribution in [-0.4, -0.2) is 20.7 Å². The number of carbonyl (C=O) groups excluding carboxylic acids is 1. The molecule has 0 aliphatic heterocycles. The standard InChI is InChI=1S/C21H15FN4OS/c22-18-14-15(9-10-19(18)26-13-5-12-24-26)25-20(27)17-8-4-11-23-21(17)28-16-6-2-1-3-7-16/h1-14H,(H,25,27). The zero-order valence-electron chi connectivity index (χ0n) is 14.6. The van der Waals surface area contributed by atoms with Crippen molar-refractivity contribution in [2.45, 2.75) is 9.92 Å². The van der Waals surface area contributed by atoms with E-state index in [0.29, 0.717) is 22.0 Å². The molecule has 2 aromatic heterocycles. The molecule has 0 atom stereocenters. The monoisotopic (exact) mass is 390 g/mol. The van der Waals surface area contributed by atoms with Gasteiger partial charge < -0.3 is 5.32 Å². The van der Waals surface area contributed by atoms with Crippen LogP contribution in [0.5, 0.6) is 0 Å². The normalized spacial score (nSPS) is 10.6. The van der Waals surface area contributed by atoms with Crippen LogP contribution in [0.2, 0.25) is 0 Å². The average Bonchev–Trinajstić information content (AvgIpc) is 3.24. The van der Waals surface area contributed by atoms with E-state index < -0.39 is 5.82 Å². The van der Waals surface area contributed by atoms with Gasteiger partial charge in [0.15, 0.2) is 5.82 Å². The molecule has 7 heteroatoms. The molecule has 0 radical (unpaired) electrons. The number of pyridine rings is 1. The van der Waals surface area contributed by atoms with E-state index in [1.54, 1.807) is 48.9 Å². The quantitative estimate of drug-likeness (QED) is 0.531. The van der Waals surface area contributed by atoms with Crippen LogP contribution in [0.15, 0.2) is 95.2 Å². The molecule has 0 saturated carbocycles. The molecule has 0 aliphatic carbocycles. The highest BCUT2D eigenvalue weighted by atomic mass is 32.2. The van der Waals surface area contributed by atoms with Crippen LogP contribution in [-0.2, 0) is 0 Å². The fraction of sp³-hybridized carbons (Fsp3) is 0. The summed E-state index contributed by atoms with van der Waals surface area (Å²) in [5.41, 5.74) is 1.09. The van der Waals surface area contributed by atoms with Crippen LogP contribution in [0.25, 0.3) is 5.69 Å². The number of rotatable bonds is 5. The predicted molar refractivity (Wildman–Crippen MR) is 106 cm³/mol. The summed E-state index contributed by atoms with van der Waals surface area (Å²) in [6.07, 6.45) is 4.86. The Bertz CT molecular complexity index is 1100. The van der Waals surface area contributed by atoms with Crippen molar-refractivity contribution in [1.82, 2.24) is 14.8 Å². The van der Waals surface area contributed by atoms with Crippen molar-refractivity contribution >= 4 is 23.4 Å². The Labute approximate surface area is 165 Å². The minimum absolute atomic E-state index is 0.310. The number of amides is 1. The molecule has 4 aromatic rings. The van der Waals surface area contributed by atoms with Gasteiger partial charge in [-0.3, -0.25) is 4.79 Å². The van der Waals surface area contributed by atoms with Crippen LogP contribution in [0.3, 0.4) is 0 Å². The van der Waals surface area contributed by atoms with Crippen molar-refractivity contribution in [3.63, 3.8) is 0 Å². The largest absolute Gasteiger partial charge is 0.322 e. The lowest BCUT2D eigenvalue weighted by atomic mass is 10.2. The first-order chi connectivity index (χ1) is 13.7. The van der Waals surface area contributed by atoms with Gasteiger partial charge in [0.05, 0.1) is 5.56 Å². The van der Waals surface area contributed by atoms with E-state index in [9.17, 15) is 9.18 Å². The first kappa shape index (κ1) is 17.9. The second-order valence-electron chi connectivity index (χ2n) is 5.84. The number of hydrogen-bond acceptors (Lipinski definition) is 4. The number of nitrogens with one attached hydrogen (secondary N) is 1. The third-order valence-electron chi connectivity index (χ3n) is 3.93. The molecule has 0 bridgehead atoms. The molecule has 2 heterocycles. The third kappa shape index (κ3) is 3.94. The van der Waals surface area contributed by atoms with E-state index in [1.807, 2.05) is 30.3 Å². The van der Waals surface area contributed by atoms with Crippen molar-refractivity contribution in [2.24, 2.45) is 0 Å². The number of anilines is 1. The van der Waals surface area contributed by atoms with Crippen LogP contribution in [0.1, 0.15) is 10.4 Å². The number of carbonyl (C=O) groups is 1. The molecule has 4 rings (SSSR count). The third-order valence-corrected chi connectivity index (χ3v) is 4.96. The van der Waals surface area contributed by atoms with Gasteiger partial charge in [0.2, 0.25) is 0 Å². The zero-order chi connectivity index (χ0) is 19.3. The Morgan fingerprint density at radius 3 is 2.61 bits per heavy atom. The highest BCUT2D eigenvalue weighted by molar-refractivity contribution is 7.99. The van der Waals surface area contributed by atoms with Crippen LogP contribution >= 0.6 is 11.8 Å². The molecule has 1 N–H and O–H groups in total. The lowest BCUT2D eigenvalue weighted by molar-refractivity contribution is 0.102. The van der Waals surface area contributed by atoms with Gasteiger partial charge in [-0.05, 0) is 48.5 Å². The molecule has 2 aromatic carbocycles. The summed E-state index contributed by atoms with van der Waals surface area (Å²) in [6, 6.07) is 19.3. The molecule has 0 unspecified atom stereocenters. The van der Waals surface area contributed by atoms with Gasteiger partial charge in [-0.25, -0.2) is 14.1 Å². The summed E-state index contributed by atoms with van der Waals surface area (Å²) in [5.74, 6) is -0.829.